The van der Waals surface area contributed by atoms with Crippen LogP contribution in [0.4, 0.5) is 14.4 Å². The Bertz CT molecular complexity index is 1000. The molecule has 0 aliphatic heterocycles. The molecule has 0 heterocycles. The van der Waals surface area contributed by atoms with Gasteiger partial charge in [-0.1, -0.05) is 33.8 Å². The SMILES string of the molecule is CC(C)COC(=O)Oc1ccc(C[C@H](N)C(=O)O[C@@H](C)[C@H](C)OC(=O)OC(C)(C)C)cc1OC(=O)OCC(C)C. The van der Waals surface area contributed by atoms with Crippen molar-refractivity contribution in [3.8, 4) is 11.5 Å². The van der Waals surface area contributed by atoms with Gasteiger partial charge in [-0.15, -0.1) is 0 Å². The van der Waals surface area contributed by atoms with Crippen LogP contribution in [-0.2, 0) is 34.9 Å². The number of carbonyl (C=O) groups is 4. The first-order valence-electron chi connectivity index (χ1n) is 13.1. The lowest BCUT2D eigenvalue weighted by Crippen LogP contribution is -2.40. The van der Waals surface area contributed by atoms with Crippen LogP contribution in [0.3, 0.4) is 0 Å². The predicted octanol–water partition coefficient (Wildman–Crippen LogP) is 5.17. The molecule has 1 rings (SSSR count). The molecule has 0 saturated heterocycles. The quantitative estimate of drug-likeness (QED) is 0.200. The molecule has 40 heavy (non-hydrogen) atoms. The number of carbonyl (C=O) groups excluding carboxylic acids is 4. The minimum absolute atomic E-state index is 0.0116. The first-order chi connectivity index (χ1) is 18.5. The fourth-order valence-corrected chi connectivity index (χ4v) is 2.78. The van der Waals surface area contributed by atoms with E-state index < -0.39 is 48.3 Å². The van der Waals surface area contributed by atoms with Gasteiger partial charge in [0.25, 0.3) is 0 Å². The van der Waals surface area contributed by atoms with Gasteiger partial charge < -0.3 is 38.9 Å². The molecule has 0 bridgehead atoms. The molecule has 0 amide bonds. The zero-order valence-electron chi connectivity index (χ0n) is 24.8. The Labute approximate surface area is 235 Å². The molecule has 226 valence electrons. The third-order valence-electron chi connectivity index (χ3n) is 4.86. The van der Waals surface area contributed by atoms with Gasteiger partial charge in [-0.05, 0) is 70.6 Å². The average Bonchev–Trinajstić information content (AvgIpc) is 2.81. The summed E-state index contributed by atoms with van der Waals surface area (Å²) in [6, 6.07) is 3.21. The van der Waals surface area contributed by atoms with E-state index in [4.69, 9.17) is 38.9 Å². The highest BCUT2D eigenvalue weighted by Crippen LogP contribution is 2.30. The van der Waals surface area contributed by atoms with Crippen LogP contribution in [0.15, 0.2) is 18.2 Å². The fourth-order valence-electron chi connectivity index (χ4n) is 2.78. The Morgan fingerprint density at radius 1 is 0.750 bits per heavy atom. The molecule has 1 aromatic rings. The highest BCUT2D eigenvalue weighted by atomic mass is 16.8. The van der Waals surface area contributed by atoms with Crippen LogP contribution in [0.5, 0.6) is 11.5 Å². The molecule has 0 unspecified atom stereocenters. The standard InChI is InChI=1S/C28H43NO11/c1-16(2)14-34-25(31)38-22-11-10-20(13-23(22)39-26(32)35-15-17(3)4)12-21(29)24(30)36-18(5)19(6)37-27(33)40-28(7,8)9/h10-11,13,16-19,21H,12,14-15,29H2,1-9H3/t18-,19-,21-/m0/s1. The van der Waals surface area contributed by atoms with Crippen LogP contribution < -0.4 is 15.2 Å². The molecule has 0 spiro atoms. The van der Waals surface area contributed by atoms with E-state index in [1.54, 1.807) is 40.7 Å². The molecule has 0 aliphatic rings. The molecular formula is C28H43NO11. The van der Waals surface area contributed by atoms with E-state index in [9.17, 15) is 19.2 Å². The van der Waals surface area contributed by atoms with E-state index in [0.29, 0.717) is 5.56 Å². The van der Waals surface area contributed by atoms with Crippen molar-refractivity contribution < 1.29 is 52.3 Å². The average molecular weight is 570 g/mol. The second-order valence-corrected chi connectivity index (χ2v) is 11.1. The van der Waals surface area contributed by atoms with Gasteiger partial charge in [-0.3, -0.25) is 4.79 Å². The zero-order chi connectivity index (χ0) is 30.6. The molecule has 1 aromatic carbocycles. The maximum absolute atomic E-state index is 12.6. The second kappa shape index (κ2) is 15.9. The lowest BCUT2D eigenvalue weighted by atomic mass is 10.1. The highest BCUT2D eigenvalue weighted by Gasteiger charge is 2.27. The number of esters is 1. The Balaban J connectivity index is 2.91. The molecule has 0 fully saturated rings. The van der Waals surface area contributed by atoms with Crippen molar-refractivity contribution in [1.82, 2.24) is 0 Å². The van der Waals surface area contributed by atoms with Crippen LogP contribution in [0, 0.1) is 11.8 Å². The van der Waals surface area contributed by atoms with E-state index in [0.717, 1.165) is 0 Å². The number of rotatable bonds is 12. The first-order valence-corrected chi connectivity index (χ1v) is 13.1. The van der Waals surface area contributed by atoms with Crippen LogP contribution in [-0.4, -0.2) is 61.5 Å². The predicted molar refractivity (Wildman–Crippen MR) is 144 cm³/mol. The summed E-state index contributed by atoms with van der Waals surface area (Å²) < 4.78 is 36.2. The van der Waals surface area contributed by atoms with Gasteiger partial charge in [0, 0.05) is 0 Å². The first kappa shape index (κ1) is 34.5. The minimum Gasteiger partial charge on any atom is -0.458 e. The summed E-state index contributed by atoms with van der Waals surface area (Å²) in [5.74, 6) is -0.793. The van der Waals surface area contributed by atoms with E-state index in [1.165, 1.54) is 12.1 Å². The van der Waals surface area contributed by atoms with Gasteiger partial charge >= 0.3 is 24.4 Å². The summed E-state index contributed by atoms with van der Waals surface area (Å²) in [7, 11) is 0. The second-order valence-electron chi connectivity index (χ2n) is 11.1. The van der Waals surface area contributed by atoms with E-state index in [-0.39, 0.29) is 43.0 Å². The highest BCUT2D eigenvalue weighted by molar-refractivity contribution is 5.76. The fraction of sp³-hybridized carbons (Fsp3) is 0.643. The normalized spacial score (nSPS) is 13.6. The lowest BCUT2D eigenvalue weighted by molar-refractivity contribution is -0.156. The Kier molecular flexibility index (Phi) is 13.7. The van der Waals surface area contributed by atoms with Crippen molar-refractivity contribution in [3.63, 3.8) is 0 Å². The van der Waals surface area contributed by atoms with Crippen molar-refractivity contribution in [2.75, 3.05) is 13.2 Å². The van der Waals surface area contributed by atoms with Crippen LogP contribution in [0.1, 0.15) is 67.9 Å². The zero-order valence-corrected chi connectivity index (χ0v) is 24.8. The number of nitrogens with two attached hydrogens (primary N) is 1. The molecule has 2 N–H and O–H groups in total. The van der Waals surface area contributed by atoms with Crippen LogP contribution >= 0.6 is 0 Å². The summed E-state index contributed by atoms with van der Waals surface area (Å²) in [4.78, 5) is 48.8. The summed E-state index contributed by atoms with van der Waals surface area (Å²) in [5.41, 5.74) is 5.80. The number of ether oxygens (including phenoxy) is 7. The third kappa shape index (κ3) is 14.0. The Morgan fingerprint density at radius 2 is 1.25 bits per heavy atom. The van der Waals surface area contributed by atoms with E-state index in [2.05, 4.69) is 0 Å². The maximum atomic E-state index is 12.6. The topological polar surface area (TPSA) is 159 Å². The number of benzene rings is 1. The summed E-state index contributed by atoms with van der Waals surface area (Å²) in [6.07, 6.45) is -4.48. The molecule has 0 radical (unpaired) electrons. The summed E-state index contributed by atoms with van der Waals surface area (Å²) in [6.45, 7) is 15.9. The van der Waals surface area contributed by atoms with Crippen molar-refractivity contribution in [2.45, 2.75) is 92.6 Å². The monoisotopic (exact) mass is 569 g/mol. The van der Waals surface area contributed by atoms with Gasteiger partial charge in [-0.25, -0.2) is 14.4 Å². The summed E-state index contributed by atoms with van der Waals surface area (Å²) in [5, 5.41) is 0. The molecule has 0 saturated carbocycles. The van der Waals surface area contributed by atoms with Gasteiger partial charge in [0.15, 0.2) is 11.5 Å². The molecule has 3 atom stereocenters. The van der Waals surface area contributed by atoms with Crippen molar-refractivity contribution in [1.29, 1.82) is 0 Å². The van der Waals surface area contributed by atoms with Gasteiger partial charge in [0.05, 0.1) is 13.2 Å². The molecule has 12 heteroatoms. The van der Waals surface area contributed by atoms with E-state index in [1.807, 2.05) is 27.7 Å². The van der Waals surface area contributed by atoms with Crippen LogP contribution in [0.25, 0.3) is 0 Å². The number of hydrogen-bond donors (Lipinski definition) is 1. The Morgan fingerprint density at radius 3 is 1.75 bits per heavy atom. The molecule has 12 nitrogen and oxygen atoms in total. The molecule has 0 aliphatic carbocycles. The van der Waals surface area contributed by atoms with E-state index >= 15 is 0 Å². The van der Waals surface area contributed by atoms with Crippen molar-refractivity contribution in [2.24, 2.45) is 17.6 Å². The smallest absolute Gasteiger partial charge is 0.458 e. The molecule has 0 aromatic heterocycles. The van der Waals surface area contributed by atoms with Gasteiger partial charge in [0.1, 0.15) is 23.9 Å². The largest absolute Gasteiger partial charge is 0.513 e. The van der Waals surface area contributed by atoms with Crippen molar-refractivity contribution >= 4 is 24.4 Å². The van der Waals surface area contributed by atoms with Gasteiger partial charge in [0.2, 0.25) is 0 Å². The minimum atomic E-state index is -1.11. The Hall–Kier alpha value is -3.54. The van der Waals surface area contributed by atoms with Gasteiger partial charge in [-0.2, -0.15) is 0 Å². The third-order valence-corrected chi connectivity index (χ3v) is 4.86. The number of hydrogen-bond acceptors (Lipinski definition) is 12. The van der Waals surface area contributed by atoms with Crippen LogP contribution in [0.2, 0.25) is 0 Å². The lowest BCUT2D eigenvalue weighted by Gasteiger charge is -2.24. The maximum Gasteiger partial charge on any atom is 0.513 e. The van der Waals surface area contributed by atoms with Crippen molar-refractivity contribution in [3.05, 3.63) is 23.8 Å². The molecular weight excluding hydrogens is 526 g/mol. The summed E-state index contributed by atoms with van der Waals surface area (Å²) >= 11 is 0.